The summed E-state index contributed by atoms with van der Waals surface area (Å²) < 4.78 is 11.0. The maximum atomic E-state index is 11.5. The van der Waals surface area contributed by atoms with Gasteiger partial charge in [-0.2, -0.15) is 0 Å². The van der Waals surface area contributed by atoms with Gasteiger partial charge in [-0.25, -0.2) is 0 Å². The SMILES string of the molecule is COC(=O)CC(C)(O[Si](C)(C)C)C(C)(C)C. The average Bonchev–Trinajstić information content (AvgIpc) is 1.98. The highest BCUT2D eigenvalue weighted by Crippen LogP contribution is 2.38. The summed E-state index contributed by atoms with van der Waals surface area (Å²) in [5.41, 5.74) is -0.563. The molecule has 0 saturated heterocycles. The minimum atomic E-state index is -1.69. The molecule has 4 heteroatoms. The van der Waals surface area contributed by atoms with Crippen molar-refractivity contribution in [2.24, 2.45) is 5.41 Å². The van der Waals surface area contributed by atoms with Gasteiger partial charge in [-0.3, -0.25) is 4.79 Å². The van der Waals surface area contributed by atoms with Crippen LogP contribution in [0.1, 0.15) is 34.1 Å². The van der Waals surface area contributed by atoms with Gasteiger partial charge in [-0.15, -0.1) is 0 Å². The highest BCUT2D eigenvalue weighted by atomic mass is 28.4. The second-order valence-corrected chi connectivity index (χ2v) is 10.9. The molecule has 0 amide bonds. The van der Waals surface area contributed by atoms with E-state index >= 15 is 0 Å². The molecule has 0 rings (SSSR count). The number of rotatable bonds is 4. The largest absolute Gasteiger partial charge is 0.469 e. The Morgan fingerprint density at radius 3 is 1.81 bits per heavy atom. The number of hydrogen-bond donors (Lipinski definition) is 0. The van der Waals surface area contributed by atoms with E-state index in [4.69, 9.17) is 9.16 Å². The normalized spacial score (nSPS) is 16.8. The van der Waals surface area contributed by atoms with Crippen LogP contribution in [0.15, 0.2) is 0 Å². The fraction of sp³-hybridized carbons (Fsp3) is 0.917. The van der Waals surface area contributed by atoms with E-state index in [2.05, 4.69) is 40.4 Å². The molecule has 0 aromatic carbocycles. The third-order valence-electron chi connectivity index (χ3n) is 2.83. The van der Waals surface area contributed by atoms with Crippen LogP contribution in [0.3, 0.4) is 0 Å². The van der Waals surface area contributed by atoms with Gasteiger partial charge in [0.1, 0.15) is 0 Å². The molecule has 1 unspecified atom stereocenters. The molecule has 0 aromatic heterocycles. The molecule has 3 nitrogen and oxygen atoms in total. The summed E-state index contributed by atoms with van der Waals surface area (Å²) in [5, 5.41) is 0. The van der Waals surface area contributed by atoms with Crippen LogP contribution in [-0.4, -0.2) is 27.0 Å². The summed E-state index contributed by atoms with van der Waals surface area (Å²) in [4.78, 5) is 11.5. The highest BCUT2D eigenvalue weighted by molar-refractivity contribution is 6.69. The lowest BCUT2D eigenvalue weighted by Crippen LogP contribution is -2.50. The zero-order valence-corrected chi connectivity index (χ0v) is 12.9. The number of hydrogen-bond acceptors (Lipinski definition) is 3. The number of esters is 1. The summed E-state index contributed by atoms with van der Waals surface area (Å²) >= 11 is 0. The van der Waals surface area contributed by atoms with Crippen LogP contribution in [0.5, 0.6) is 0 Å². The minimum Gasteiger partial charge on any atom is -0.469 e. The molecule has 0 aliphatic carbocycles. The predicted octanol–water partition coefficient (Wildman–Crippen LogP) is 3.21. The van der Waals surface area contributed by atoms with Gasteiger partial charge in [-0.05, 0) is 32.0 Å². The van der Waals surface area contributed by atoms with Crippen LogP contribution < -0.4 is 0 Å². The maximum Gasteiger partial charge on any atom is 0.308 e. The predicted molar refractivity (Wildman–Crippen MR) is 68.9 cm³/mol. The Labute approximate surface area is 101 Å². The molecule has 0 aliphatic rings. The smallest absolute Gasteiger partial charge is 0.308 e. The zero-order valence-electron chi connectivity index (χ0n) is 11.9. The lowest BCUT2D eigenvalue weighted by atomic mass is 9.76. The number of carbonyl (C=O) groups excluding carboxylic acids is 1. The topological polar surface area (TPSA) is 35.5 Å². The van der Waals surface area contributed by atoms with E-state index in [1.165, 1.54) is 7.11 Å². The van der Waals surface area contributed by atoms with Gasteiger partial charge in [-0.1, -0.05) is 20.8 Å². The van der Waals surface area contributed by atoms with Gasteiger partial charge in [0.05, 0.1) is 19.1 Å². The summed E-state index contributed by atoms with van der Waals surface area (Å²) in [6, 6.07) is 0. The van der Waals surface area contributed by atoms with Crippen molar-refractivity contribution in [3.05, 3.63) is 0 Å². The van der Waals surface area contributed by atoms with Gasteiger partial charge in [0.2, 0.25) is 0 Å². The molecule has 0 saturated carbocycles. The molecular weight excluding hydrogens is 220 g/mol. The van der Waals surface area contributed by atoms with Crippen LogP contribution in [0, 0.1) is 5.41 Å². The first-order valence-corrected chi connectivity index (χ1v) is 9.09. The molecule has 0 aliphatic heterocycles. The molecule has 0 fully saturated rings. The first-order chi connectivity index (χ1) is 6.91. The molecule has 1 atom stereocenters. The molecule has 0 aromatic rings. The third kappa shape index (κ3) is 4.66. The van der Waals surface area contributed by atoms with E-state index in [-0.39, 0.29) is 11.4 Å². The Morgan fingerprint density at radius 1 is 1.12 bits per heavy atom. The molecule has 96 valence electrons. The number of methoxy groups -OCH3 is 1. The standard InChI is InChI=1S/C12H26O3Si/c1-11(2,3)12(4,9-10(13)14-5)15-16(6,7)8/h9H2,1-8H3. The number of carbonyl (C=O) groups is 1. The lowest BCUT2D eigenvalue weighted by Gasteiger charge is -2.45. The van der Waals surface area contributed by atoms with E-state index in [1.54, 1.807) is 0 Å². The molecule has 0 heterocycles. The van der Waals surface area contributed by atoms with Crippen LogP contribution in [0.25, 0.3) is 0 Å². The van der Waals surface area contributed by atoms with Crippen LogP contribution in [-0.2, 0) is 14.0 Å². The average molecular weight is 246 g/mol. The van der Waals surface area contributed by atoms with Crippen molar-refractivity contribution in [2.75, 3.05) is 7.11 Å². The van der Waals surface area contributed by atoms with Crippen molar-refractivity contribution in [3.63, 3.8) is 0 Å². The summed E-state index contributed by atoms with van der Waals surface area (Å²) in [5.74, 6) is -0.212. The monoisotopic (exact) mass is 246 g/mol. The Balaban J connectivity index is 4.98. The summed E-state index contributed by atoms with van der Waals surface area (Å²) in [6.07, 6.45) is 0.303. The van der Waals surface area contributed by atoms with E-state index in [0.717, 1.165) is 0 Å². The molecule has 0 N–H and O–H groups in total. The molecule has 0 bridgehead atoms. The van der Waals surface area contributed by atoms with Gasteiger partial charge < -0.3 is 9.16 Å². The van der Waals surface area contributed by atoms with E-state index in [1.807, 2.05) is 6.92 Å². The first-order valence-electron chi connectivity index (χ1n) is 5.68. The van der Waals surface area contributed by atoms with E-state index in [0.29, 0.717) is 6.42 Å². The van der Waals surface area contributed by atoms with Crippen molar-refractivity contribution < 1.29 is 14.0 Å². The van der Waals surface area contributed by atoms with Gasteiger partial charge in [0.25, 0.3) is 0 Å². The van der Waals surface area contributed by atoms with Crippen molar-refractivity contribution >= 4 is 14.3 Å². The van der Waals surface area contributed by atoms with Crippen LogP contribution in [0.4, 0.5) is 0 Å². The second-order valence-electron chi connectivity index (χ2n) is 6.45. The van der Waals surface area contributed by atoms with Gasteiger partial charge in [0, 0.05) is 0 Å². The summed E-state index contributed by atoms with van der Waals surface area (Å²) in [7, 11) is -0.273. The van der Waals surface area contributed by atoms with Crippen molar-refractivity contribution in [3.8, 4) is 0 Å². The maximum absolute atomic E-state index is 11.5. The van der Waals surface area contributed by atoms with Gasteiger partial charge in [0.15, 0.2) is 8.32 Å². The molecule has 0 spiro atoms. The van der Waals surface area contributed by atoms with Crippen LogP contribution in [0.2, 0.25) is 19.6 Å². The Hall–Kier alpha value is -0.353. The summed E-state index contributed by atoms with van der Waals surface area (Å²) in [6.45, 7) is 14.7. The highest BCUT2D eigenvalue weighted by Gasteiger charge is 2.43. The zero-order chi connectivity index (χ0) is 13.2. The van der Waals surface area contributed by atoms with E-state index in [9.17, 15) is 4.79 Å². The fourth-order valence-electron chi connectivity index (χ4n) is 1.48. The molecule has 16 heavy (non-hydrogen) atoms. The van der Waals surface area contributed by atoms with Crippen molar-refractivity contribution in [1.29, 1.82) is 0 Å². The van der Waals surface area contributed by atoms with Crippen LogP contribution >= 0.6 is 0 Å². The van der Waals surface area contributed by atoms with Gasteiger partial charge >= 0.3 is 5.97 Å². The van der Waals surface area contributed by atoms with E-state index < -0.39 is 13.9 Å². The lowest BCUT2D eigenvalue weighted by molar-refractivity contribution is -0.149. The fourth-order valence-corrected chi connectivity index (χ4v) is 3.21. The third-order valence-corrected chi connectivity index (χ3v) is 3.89. The number of ether oxygens (including phenoxy) is 1. The Kier molecular flexibility index (Phi) is 4.77. The molecular formula is C12H26O3Si. The minimum absolute atomic E-state index is 0.0958. The molecule has 0 radical (unpaired) electrons. The second kappa shape index (κ2) is 4.88. The first kappa shape index (κ1) is 15.6. The van der Waals surface area contributed by atoms with Crippen molar-refractivity contribution in [2.45, 2.75) is 59.4 Å². The quantitative estimate of drug-likeness (QED) is 0.564. The Morgan fingerprint density at radius 2 is 1.56 bits per heavy atom. The Bertz CT molecular complexity index is 250. The van der Waals surface area contributed by atoms with Crippen molar-refractivity contribution in [1.82, 2.24) is 0 Å².